The number of hydrogen-bond acceptors (Lipinski definition) is 3. The molecule has 0 radical (unpaired) electrons. The number of rotatable bonds is 10. The molecule has 1 aromatic heterocycles. The van der Waals surface area contributed by atoms with E-state index < -0.39 is 0 Å². The van der Waals surface area contributed by atoms with E-state index in [9.17, 15) is 4.79 Å². The van der Waals surface area contributed by atoms with E-state index in [1.54, 1.807) is 7.05 Å². The molecule has 0 aliphatic heterocycles. The van der Waals surface area contributed by atoms with Crippen LogP contribution < -0.4 is 16.0 Å². The Morgan fingerprint density at radius 3 is 2.41 bits per heavy atom. The van der Waals surface area contributed by atoms with Gasteiger partial charge < -0.3 is 16.0 Å². The summed E-state index contributed by atoms with van der Waals surface area (Å²) in [7, 11) is 1.76. The molecule has 0 aliphatic carbocycles. The first-order chi connectivity index (χ1) is 14.0. The fourth-order valence-corrected chi connectivity index (χ4v) is 3.00. The van der Waals surface area contributed by atoms with Crippen molar-refractivity contribution in [3.8, 4) is 0 Å². The molecule has 1 amide bonds. The topological polar surface area (TPSA) is 83.3 Å². The highest BCUT2D eigenvalue weighted by molar-refractivity contribution is 5.94. The molecule has 0 fully saturated rings. The van der Waals surface area contributed by atoms with Crippen molar-refractivity contribution in [2.45, 2.75) is 53.1 Å². The van der Waals surface area contributed by atoms with E-state index in [1.807, 2.05) is 35.9 Å². The first kappa shape index (κ1) is 22.5. The van der Waals surface area contributed by atoms with Crippen molar-refractivity contribution in [3.05, 3.63) is 52.8 Å². The monoisotopic (exact) mass is 398 g/mol. The van der Waals surface area contributed by atoms with Gasteiger partial charge in [-0.2, -0.15) is 5.10 Å². The Bertz CT molecular complexity index is 794. The Kier molecular flexibility index (Phi) is 9.21. The summed E-state index contributed by atoms with van der Waals surface area (Å²) in [6, 6.07) is 9.76. The molecule has 0 atom stereocenters. The average Bonchev–Trinajstić information content (AvgIpc) is 3.05. The van der Waals surface area contributed by atoms with E-state index in [-0.39, 0.29) is 5.91 Å². The van der Waals surface area contributed by atoms with Gasteiger partial charge in [0.25, 0.3) is 5.91 Å². The summed E-state index contributed by atoms with van der Waals surface area (Å²) in [5, 5.41) is 14.0. The van der Waals surface area contributed by atoms with Gasteiger partial charge in [0.15, 0.2) is 5.96 Å². The van der Waals surface area contributed by atoms with Crippen LogP contribution in [-0.4, -0.2) is 41.8 Å². The van der Waals surface area contributed by atoms with Crippen molar-refractivity contribution in [3.63, 3.8) is 0 Å². The summed E-state index contributed by atoms with van der Waals surface area (Å²) < 4.78 is 2.03. The zero-order valence-electron chi connectivity index (χ0n) is 18.1. The fraction of sp³-hybridized carbons (Fsp3) is 0.500. The van der Waals surface area contributed by atoms with Crippen LogP contribution in [0.2, 0.25) is 0 Å². The van der Waals surface area contributed by atoms with E-state index in [0.717, 1.165) is 56.1 Å². The molecular weight excluding hydrogens is 364 g/mol. The van der Waals surface area contributed by atoms with Gasteiger partial charge in [-0.25, -0.2) is 0 Å². The molecule has 0 bridgehead atoms. The normalized spacial score (nSPS) is 11.4. The van der Waals surface area contributed by atoms with E-state index in [4.69, 9.17) is 0 Å². The first-order valence-electron chi connectivity index (χ1n) is 10.4. The summed E-state index contributed by atoms with van der Waals surface area (Å²) in [4.78, 5) is 16.3. The van der Waals surface area contributed by atoms with E-state index in [2.05, 4.69) is 46.0 Å². The Hall–Kier alpha value is -2.83. The maximum atomic E-state index is 12.1. The van der Waals surface area contributed by atoms with Crippen LogP contribution in [0.5, 0.6) is 0 Å². The summed E-state index contributed by atoms with van der Waals surface area (Å²) in [6.07, 6.45) is 3.04. The van der Waals surface area contributed by atoms with Crippen LogP contribution in [0.25, 0.3) is 0 Å². The number of amides is 1. The Balaban J connectivity index is 1.71. The summed E-state index contributed by atoms with van der Waals surface area (Å²) in [5.41, 5.74) is 4.03. The third kappa shape index (κ3) is 7.60. The molecular formula is C22H34N6O. The van der Waals surface area contributed by atoms with Crippen LogP contribution in [0, 0.1) is 13.8 Å². The zero-order chi connectivity index (χ0) is 21.1. The molecule has 0 unspecified atom stereocenters. The number of aromatic nitrogens is 2. The number of carbonyl (C=O) groups excluding carboxylic acids is 1. The van der Waals surface area contributed by atoms with Crippen molar-refractivity contribution < 1.29 is 4.79 Å². The number of aliphatic imine (C=N–C) groups is 1. The number of carbonyl (C=O) groups is 1. The molecule has 0 saturated carbocycles. The van der Waals surface area contributed by atoms with Crippen LogP contribution in [-0.2, 0) is 13.1 Å². The van der Waals surface area contributed by atoms with Gasteiger partial charge in [-0.3, -0.25) is 14.5 Å². The Labute approximate surface area is 174 Å². The van der Waals surface area contributed by atoms with E-state index >= 15 is 0 Å². The van der Waals surface area contributed by atoms with Gasteiger partial charge in [-0.15, -0.1) is 0 Å². The number of nitrogens with zero attached hydrogens (tertiary/aromatic N) is 3. The molecule has 158 valence electrons. The second kappa shape index (κ2) is 11.9. The van der Waals surface area contributed by atoms with Crippen LogP contribution in [0.1, 0.15) is 53.5 Å². The minimum atomic E-state index is -0.0157. The van der Waals surface area contributed by atoms with E-state index in [1.165, 1.54) is 5.69 Å². The first-order valence-corrected chi connectivity index (χ1v) is 10.4. The lowest BCUT2D eigenvalue weighted by atomic mass is 10.1. The van der Waals surface area contributed by atoms with Gasteiger partial charge in [0.1, 0.15) is 0 Å². The second-order valence-electron chi connectivity index (χ2n) is 7.16. The van der Waals surface area contributed by atoms with Crippen molar-refractivity contribution in [1.82, 2.24) is 25.7 Å². The minimum absolute atomic E-state index is 0.0157. The van der Waals surface area contributed by atoms with Crippen molar-refractivity contribution >= 4 is 11.9 Å². The maximum Gasteiger partial charge on any atom is 0.251 e. The average molecular weight is 399 g/mol. The molecule has 7 nitrogen and oxygen atoms in total. The minimum Gasteiger partial charge on any atom is -0.356 e. The molecule has 1 heterocycles. The number of guanidine groups is 1. The van der Waals surface area contributed by atoms with Crippen molar-refractivity contribution in [2.24, 2.45) is 4.99 Å². The smallest absolute Gasteiger partial charge is 0.251 e. The van der Waals surface area contributed by atoms with Crippen LogP contribution >= 0.6 is 0 Å². The molecule has 2 rings (SSSR count). The highest BCUT2D eigenvalue weighted by Crippen LogP contribution is 2.05. The lowest BCUT2D eigenvalue weighted by Crippen LogP contribution is -2.37. The molecule has 7 heteroatoms. The highest BCUT2D eigenvalue weighted by Gasteiger charge is 2.05. The Morgan fingerprint density at radius 2 is 1.79 bits per heavy atom. The van der Waals surface area contributed by atoms with Crippen LogP contribution in [0.15, 0.2) is 35.3 Å². The standard InChI is InChI=1S/C22H34N6O/c1-5-6-12-24-21(29)20-10-8-19(9-11-20)16-26-22(23-4)25-13-7-14-28-18(3)15-17(2)27-28/h8-11,15H,5-7,12-14,16H2,1-4H3,(H,24,29)(H2,23,25,26). The highest BCUT2D eigenvalue weighted by atomic mass is 16.1. The van der Waals surface area contributed by atoms with Gasteiger partial charge in [0.2, 0.25) is 0 Å². The fourth-order valence-electron chi connectivity index (χ4n) is 3.00. The molecule has 0 aliphatic rings. The van der Waals surface area contributed by atoms with Gasteiger partial charge in [-0.1, -0.05) is 25.5 Å². The zero-order valence-corrected chi connectivity index (χ0v) is 18.1. The quantitative estimate of drug-likeness (QED) is 0.326. The summed E-state index contributed by atoms with van der Waals surface area (Å²) in [5.74, 6) is 0.748. The lowest BCUT2D eigenvalue weighted by Gasteiger charge is -2.12. The summed E-state index contributed by atoms with van der Waals surface area (Å²) in [6.45, 7) is 9.26. The van der Waals surface area contributed by atoms with Gasteiger partial charge in [0, 0.05) is 44.5 Å². The lowest BCUT2D eigenvalue weighted by molar-refractivity contribution is 0.0953. The van der Waals surface area contributed by atoms with Gasteiger partial charge >= 0.3 is 0 Å². The van der Waals surface area contributed by atoms with E-state index in [0.29, 0.717) is 12.1 Å². The third-order valence-electron chi connectivity index (χ3n) is 4.66. The summed E-state index contributed by atoms with van der Waals surface area (Å²) >= 11 is 0. The maximum absolute atomic E-state index is 12.1. The number of benzene rings is 1. The van der Waals surface area contributed by atoms with Gasteiger partial charge in [-0.05, 0) is 50.5 Å². The number of aryl methyl sites for hydroxylation is 3. The molecule has 0 saturated heterocycles. The van der Waals surface area contributed by atoms with Crippen LogP contribution in [0.3, 0.4) is 0 Å². The number of nitrogens with one attached hydrogen (secondary N) is 3. The largest absolute Gasteiger partial charge is 0.356 e. The molecule has 2 aromatic rings. The van der Waals surface area contributed by atoms with Crippen LogP contribution in [0.4, 0.5) is 0 Å². The molecule has 3 N–H and O–H groups in total. The Morgan fingerprint density at radius 1 is 1.07 bits per heavy atom. The predicted molar refractivity (Wildman–Crippen MR) is 118 cm³/mol. The molecule has 29 heavy (non-hydrogen) atoms. The predicted octanol–water partition coefficient (Wildman–Crippen LogP) is 2.79. The number of unbranched alkanes of at least 4 members (excludes halogenated alkanes) is 1. The molecule has 1 aromatic carbocycles. The van der Waals surface area contributed by atoms with Gasteiger partial charge in [0.05, 0.1) is 5.69 Å². The van der Waals surface area contributed by atoms with Crippen molar-refractivity contribution in [2.75, 3.05) is 20.1 Å². The number of hydrogen-bond donors (Lipinski definition) is 3. The van der Waals surface area contributed by atoms with Crippen molar-refractivity contribution in [1.29, 1.82) is 0 Å². The third-order valence-corrected chi connectivity index (χ3v) is 4.66. The SMILES string of the molecule is CCCCNC(=O)c1ccc(CNC(=NC)NCCCn2nc(C)cc2C)cc1. The molecule has 0 spiro atoms. The second-order valence-corrected chi connectivity index (χ2v) is 7.16.